The van der Waals surface area contributed by atoms with E-state index >= 15 is 0 Å². The molecule has 0 spiro atoms. The summed E-state index contributed by atoms with van der Waals surface area (Å²) in [6, 6.07) is 9.77. The van der Waals surface area contributed by atoms with Crippen molar-refractivity contribution in [1.82, 2.24) is 20.4 Å². The van der Waals surface area contributed by atoms with E-state index in [0.29, 0.717) is 18.9 Å². The molecule has 1 amide bonds. The van der Waals surface area contributed by atoms with Crippen molar-refractivity contribution in [3.63, 3.8) is 0 Å². The number of aromatic nitrogens is 2. The molecule has 0 aliphatic rings. The normalized spacial score (nSPS) is 11.5. The van der Waals surface area contributed by atoms with Gasteiger partial charge in [0.1, 0.15) is 0 Å². The Bertz CT molecular complexity index is 739. The van der Waals surface area contributed by atoms with Crippen molar-refractivity contribution >= 4 is 17.6 Å². The monoisotopic (exact) mass is 384 g/mol. The number of carbonyl (C=O) groups excluding carboxylic acids is 1. The number of aryl methyl sites for hydroxylation is 1. The van der Waals surface area contributed by atoms with Gasteiger partial charge in [-0.05, 0) is 43.0 Å². The molecule has 0 atom stereocenters. The standard InChI is InChI=1S/C21H32N6O/c1-4-22-21(23-10-6-12-27-13-7-11-25-27)24-16-18-8-5-9-19(15-18)26-20(28)14-17(2)3/h5,7-9,11,13,15,17H,4,6,10,12,14,16H2,1-3H3,(H,26,28)(H2,22,23,24). The number of benzene rings is 1. The highest BCUT2D eigenvalue weighted by atomic mass is 16.1. The molecule has 2 aromatic rings. The van der Waals surface area contributed by atoms with E-state index in [2.05, 4.69) is 26.0 Å². The second kappa shape index (κ2) is 11.8. The van der Waals surface area contributed by atoms with E-state index in [1.165, 1.54) is 0 Å². The Labute approximate surface area is 167 Å². The maximum Gasteiger partial charge on any atom is 0.224 e. The molecule has 1 aromatic carbocycles. The molecule has 7 heteroatoms. The smallest absolute Gasteiger partial charge is 0.224 e. The van der Waals surface area contributed by atoms with Crippen LogP contribution in [0.3, 0.4) is 0 Å². The number of nitrogens with zero attached hydrogens (tertiary/aromatic N) is 3. The Morgan fingerprint density at radius 3 is 2.82 bits per heavy atom. The van der Waals surface area contributed by atoms with Gasteiger partial charge in [0.25, 0.3) is 0 Å². The van der Waals surface area contributed by atoms with Crippen LogP contribution in [0.5, 0.6) is 0 Å². The highest BCUT2D eigenvalue weighted by Crippen LogP contribution is 2.13. The molecule has 1 aromatic heterocycles. The van der Waals surface area contributed by atoms with Crippen LogP contribution in [0.2, 0.25) is 0 Å². The first-order valence-corrected chi connectivity index (χ1v) is 9.95. The molecule has 0 unspecified atom stereocenters. The third-order valence-electron chi connectivity index (χ3n) is 3.98. The first kappa shape index (κ1) is 21.5. The average Bonchev–Trinajstić information content (AvgIpc) is 3.16. The predicted octanol–water partition coefficient (Wildman–Crippen LogP) is 3.01. The van der Waals surface area contributed by atoms with E-state index in [4.69, 9.17) is 0 Å². The fourth-order valence-electron chi connectivity index (χ4n) is 2.72. The van der Waals surface area contributed by atoms with Crippen molar-refractivity contribution in [3.05, 3.63) is 48.3 Å². The quantitative estimate of drug-likeness (QED) is 0.334. The van der Waals surface area contributed by atoms with Gasteiger partial charge in [-0.15, -0.1) is 0 Å². The molecule has 3 N–H and O–H groups in total. The van der Waals surface area contributed by atoms with Gasteiger partial charge in [-0.2, -0.15) is 5.10 Å². The molecule has 0 bridgehead atoms. The summed E-state index contributed by atoms with van der Waals surface area (Å²) >= 11 is 0. The van der Waals surface area contributed by atoms with Gasteiger partial charge in [-0.25, -0.2) is 4.99 Å². The maximum absolute atomic E-state index is 12.0. The van der Waals surface area contributed by atoms with Crippen LogP contribution in [0.4, 0.5) is 5.69 Å². The van der Waals surface area contributed by atoms with E-state index in [1.807, 2.05) is 62.0 Å². The Morgan fingerprint density at radius 1 is 1.25 bits per heavy atom. The molecular formula is C21H32N6O. The number of rotatable bonds is 10. The van der Waals surface area contributed by atoms with Gasteiger partial charge < -0.3 is 16.0 Å². The lowest BCUT2D eigenvalue weighted by atomic mass is 10.1. The second-order valence-electron chi connectivity index (χ2n) is 7.09. The lowest BCUT2D eigenvalue weighted by Gasteiger charge is -2.12. The number of amides is 1. The van der Waals surface area contributed by atoms with Gasteiger partial charge in [0.2, 0.25) is 5.91 Å². The Kier molecular flexibility index (Phi) is 9.04. The van der Waals surface area contributed by atoms with E-state index in [-0.39, 0.29) is 5.91 Å². The summed E-state index contributed by atoms with van der Waals surface area (Å²) in [4.78, 5) is 16.6. The molecule has 0 fully saturated rings. The van der Waals surface area contributed by atoms with Crippen molar-refractivity contribution in [1.29, 1.82) is 0 Å². The van der Waals surface area contributed by atoms with Crippen LogP contribution in [0.15, 0.2) is 47.7 Å². The third-order valence-corrected chi connectivity index (χ3v) is 3.98. The average molecular weight is 385 g/mol. The zero-order chi connectivity index (χ0) is 20.2. The molecular weight excluding hydrogens is 352 g/mol. The molecule has 0 aliphatic carbocycles. The number of carbonyl (C=O) groups is 1. The number of anilines is 1. The van der Waals surface area contributed by atoms with E-state index in [1.54, 1.807) is 6.20 Å². The molecule has 0 saturated carbocycles. The Balaban J connectivity index is 1.85. The van der Waals surface area contributed by atoms with Crippen LogP contribution in [0, 0.1) is 5.92 Å². The summed E-state index contributed by atoms with van der Waals surface area (Å²) in [6.45, 7) is 9.16. The van der Waals surface area contributed by atoms with Gasteiger partial charge in [0.05, 0.1) is 6.54 Å². The topological polar surface area (TPSA) is 83.3 Å². The second-order valence-corrected chi connectivity index (χ2v) is 7.09. The van der Waals surface area contributed by atoms with Crippen LogP contribution < -0.4 is 16.0 Å². The summed E-state index contributed by atoms with van der Waals surface area (Å²) < 4.78 is 1.92. The number of guanidine groups is 1. The minimum atomic E-state index is 0.0443. The minimum Gasteiger partial charge on any atom is -0.357 e. The highest BCUT2D eigenvalue weighted by molar-refractivity contribution is 5.90. The van der Waals surface area contributed by atoms with Crippen molar-refractivity contribution in [2.45, 2.75) is 46.7 Å². The highest BCUT2D eigenvalue weighted by Gasteiger charge is 2.06. The molecule has 2 rings (SSSR count). The van der Waals surface area contributed by atoms with Crippen molar-refractivity contribution in [3.8, 4) is 0 Å². The molecule has 0 radical (unpaired) electrons. The first-order valence-electron chi connectivity index (χ1n) is 9.95. The predicted molar refractivity (Wildman–Crippen MR) is 114 cm³/mol. The van der Waals surface area contributed by atoms with Gasteiger partial charge >= 0.3 is 0 Å². The molecule has 152 valence electrons. The molecule has 0 saturated heterocycles. The van der Waals surface area contributed by atoms with Crippen LogP contribution >= 0.6 is 0 Å². The Hall–Kier alpha value is -2.83. The van der Waals surface area contributed by atoms with Crippen LogP contribution in [-0.2, 0) is 17.9 Å². The number of nitrogens with one attached hydrogen (secondary N) is 3. The van der Waals surface area contributed by atoms with Gasteiger partial charge in [0.15, 0.2) is 5.96 Å². The van der Waals surface area contributed by atoms with Gasteiger partial charge in [-0.3, -0.25) is 9.48 Å². The maximum atomic E-state index is 12.0. The summed E-state index contributed by atoms with van der Waals surface area (Å²) in [5.41, 5.74) is 1.87. The van der Waals surface area contributed by atoms with E-state index in [9.17, 15) is 4.79 Å². The fourth-order valence-corrected chi connectivity index (χ4v) is 2.72. The van der Waals surface area contributed by atoms with Crippen molar-refractivity contribution in [2.24, 2.45) is 10.9 Å². The van der Waals surface area contributed by atoms with E-state index < -0.39 is 0 Å². The zero-order valence-electron chi connectivity index (χ0n) is 17.1. The van der Waals surface area contributed by atoms with Crippen LogP contribution in [-0.4, -0.2) is 34.7 Å². The largest absolute Gasteiger partial charge is 0.357 e. The van der Waals surface area contributed by atoms with Crippen molar-refractivity contribution in [2.75, 3.05) is 18.4 Å². The molecule has 7 nitrogen and oxygen atoms in total. The van der Waals surface area contributed by atoms with Crippen LogP contribution in [0.1, 0.15) is 39.2 Å². The van der Waals surface area contributed by atoms with Crippen molar-refractivity contribution < 1.29 is 4.79 Å². The Morgan fingerprint density at radius 2 is 2.11 bits per heavy atom. The molecule has 1 heterocycles. The number of hydrogen-bond donors (Lipinski definition) is 3. The summed E-state index contributed by atoms with van der Waals surface area (Å²) in [5.74, 6) is 1.18. The lowest BCUT2D eigenvalue weighted by Crippen LogP contribution is -2.38. The SMILES string of the molecule is CCNC(=NCc1cccc(NC(=O)CC(C)C)c1)NCCCn1cccn1. The third kappa shape index (κ3) is 8.24. The zero-order valence-corrected chi connectivity index (χ0v) is 17.1. The molecule has 0 aliphatic heterocycles. The minimum absolute atomic E-state index is 0.0443. The van der Waals surface area contributed by atoms with E-state index in [0.717, 1.165) is 43.3 Å². The van der Waals surface area contributed by atoms with Crippen LogP contribution in [0.25, 0.3) is 0 Å². The van der Waals surface area contributed by atoms with Gasteiger partial charge in [0, 0.05) is 44.1 Å². The number of hydrogen-bond acceptors (Lipinski definition) is 3. The van der Waals surface area contributed by atoms with Gasteiger partial charge in [-0.1, -0.05) is 26.0 Å². The summed E-state index contributed by atoms with van der Waals surface area (Å²) in [5, 5.41) is 13.8. The fraction of sp³-hybridized carbons (Fsp3) is 0.476. The summed E-state index contributed by atoms with van der Waals surface area (Å²) in [6.07, 6.45) is 5.24. The summed E-state index contributed by atoms with van der Waals surface area (Å²) in [7, 11) is 0. The molecule has 28 heavy (non-hydrogen) atoms. The first-order chi connectivity index (χ1) is 13.6. The number of aliphatic imine (C=N–C) groups is 1. The lowest BCUT2D eigenvalue weighted by molar-refractivity contribution is -0.116.